The molecular formula is C19H21N3O3. The van der Waals surface area contributed by atoms with Crippen molar-refractivity contribution in [3.05, 3.63) is 69.8 Å². The molecule has 0 aliphatic heterocycles. The van der Waals surface area contributed by atoms with Gasteiger partial charge in [0.15, 0.2) is 0 Å². The monoisotopic (exact) mass is 339 g/mol. The quantitative estimate of drug-likeness (QED) is 0.648. The van der Waals surface area contributed by atoms with Crippen LogP contribution in [0.5, 0.6) is 0 Å². The number of benzene rings is 2. The molecular weight excluding hydrogens is 318 g/mol. The number of nitrogens with one attached hydrogen (secondary N) is 1. The van der Waals surface area contributed by atoms with Gasteiger partial charge < -0.3 is 10.2 Å². The summed E-state index contributed by atoms with van der Waals surface area (Å²) in [5, 5.41) is 13.6. The molecule has 0 unspecified atom stereocenters. The van der Waals surface area contributed by atoms with Gasteiger partial charge in [0.2, 0.25) is 0 Å². The van der Waals surface area contributed by atoms with E-state index in [0.29, 0.717) is 11.3 Å². The zero-order valence-electron chi connectivity index (χ0n) is 14.4. The number of hydrogen-bond donors (Lipinski definition) is 1. The molecule has 0 spiro atoms. The van der Waals surface area contributed by atoms with Gasteiger partial charge in [0.1, 0.15) is 0 Å². The summed E-state index contributed by atoms with van der Waals surface area (Å²) < 4.78 is 0. The van der Waals surface area contributed by atoms with Crippen molar-refractivity contribution in [3.8, 4) is 0 Å². The molecule has 1 aliphatic carbocycles. The maximum Gasteiger partial charge on any atom is 0.270 e. The summed E-state index contributed by atoms with van der Waals surface area (Å²) in [5.74, 6) is -0.324. The van der Waals surface area contributed by atoms with E-state index in [-0.39, 0.29) is 17.0 Å². The molecule has 0 atom stereocenters. The maximum absolute atomic E-state index is 12.2. The van der Waals surface area contributed by atoms with Gasteiger partial charge in [-0.15, -0.1) is 0 Å². The lowest BCUT2D eigenvalue weighted by Gasteiger charge is -2.27. The van der Waals surface area contributed by atoms with Crippen LogP contribution in [-0.4, -0.2) is 31.5 Å². The summed E-state index contributed by atoms with van der Waals surface area (Å²) >= 11 is 0. The third kappa shape index (κ3) is 3.33. The molecule has 2 aromatic rings. The van der Waals surface area contributed by atoms with Gasteiger partial charge in [-0.3, -0.25) is 14.9 Å². The zero-order chi connectivity index (χ0) is 18.0. The summed E-state index contributed by atoms with van der Waals surface area (Å²) in [4.78, 5) is 24.8. The van der Waals surface area contributed by atoms with Gasteiger partial charge in [-0.2, -0.15) is 0 Å². The third-order valence-electron chi connectivity index (χ3n) is 4.85. The van der Waals surface area contributed by atoms with E-state index in [1.165, 1.54) is 24.7 Å². The van der Waals surface area contributed by atoms with Crippen LogP contribution in [0, 0.1) is 10.1 Å². The number of anilines is 1. The molecule has 6 heteroatoms. The van der Waals surface area contributed by atoms with Crippen LogP contribution >= 0.6 is 0 Å². The number of non-ortho nitro benzene ring substituents is 1. The molecule has 0 aromatic heterocycles. The molecule has 1 aliphatic rings. The zero-order valence-corrected chi connectivity index (χ0v) is 14.4. The highest BCUT2D eigenvalue weighted by Gasteiger charge is 2.45. The lowest BCUT2D eigenvalue weighted by molar-refractivity contribution is -0.384. The minimum Gasteiger partial charge on any atom is -0.373 e. The fraction of sp³-hybridized carbons (Fsp3) is 0.316. The number of nitrogens with zero attached hydrogens (tertiary/aromatic N) is 2. The van der Waals surface area contributed by atoms with E-state index in [2.05, 4.69) is 17.4 Å². The molecule has 0 bridgehead atoms. The Morgan fingerprint density at radius 1 is 1.24 bits per heavy atom. The van der Waals surface area contributed by atoms with Crippen LogP contribution in [0.2, 0.25) is 0 Å². The molecule has 1 saturated carbocycles. The second kappa shape index (κ2) is 6.55. The highest BCUT2D eigenvalue weighted by Crippen LogP contribution is 2.49. The Morgan fingerprint density at radius 3 is 2.48 bits per heavy atom. The highest BCUT2D eigenvalue weighted by molar-refractivity contribution is 6.00. The van der Waals surface area contributed by atoms with Gasteiger partial charge in [0, 0.05) is 43.9 Å². The average Bonchev–Trinajstić information content (AvgIpc) is 3.41. The van der Waals surface area contributed by atoms with E-state index in [4.69, 9.17) is 0 Å². The Labute approximate surface area is 146 Å². The molecule has 0 radical (unpaired) electrons. The topological polar surface area (TPSA) is 75.5 Å². The van der Waals surface area contributed by atoms with Crippen LogP contribution in [0.25, 0.3) is 0 Å². The SMILES string of the molecule is CNC(=O)c1cc([N+](=O)[O-])ccc1N(C)CC1(c2ccccc2)CC1. The second-order valence-corrected chi connectivity index (χ2v) is 6.54. The molecule has 25 heavy (non-hydrogen) atoms. The van der Waals surface area contributed by atoms with E-state index in [1.54, 1.807) is 6.07 Å². The van der Waals surface area contributed by atoms with E-state index in [9.17, 15) is 14.9 Å². The lowest BCUT2D eigenvalue weighted by atomic mass is 9.95. The van der Waals surface area contributed by atoms with Crippen LogP contribution in [0.15, 0.2) is 48.5 Å². The van der Waals surface area contributed by atoms with Crippen molar-refractivity contribution in [2.45, 2.75) is 18.3 Å². The van der Waals surface area contributed by atoms with Crippen LogP contribution in [0.3, 0.4) is 0 Å². The van der Waals surface area contributed by atoms with Crippen molar-refractivity contribution in [1.82, 2.24) is 5.32 Å². The number of carbonyl (C=O) groups excluding carboxylic acids is 1. The minimum atomic E-state index is -0.484. The van der Waals surface area contributed by atoms with Crippen molar-refractivity contribution in [3.63, 3.8) is 0 Å². The maximum atomic E-state index is 12.2. The van der Waals surface area contributed by atoms with Gasteiger partial charge >= 0.3 is 0 Å². The minimum absolute atomic E-state index is 0.0834. The van der Waals surface area contributed by atoms with Crippen molar-refractivity contribution in [2.24, 2.45) is 0 Å². The number of likely N-dealkylation sites (N-methyl/N-ethyl adjacent to an activating group) is 1. The van der Waals surface area contributed by atoms with E-state index < -0.39 is 4.92 Å². The van der Waals surface area contributed by atoms with E-state index in [0.717, 1.165) is 19.4 Å². The Balaban J connectivity index is 1.90. The Bertz CT molecular complexity index is 801. The summed E-state index contributed by atoms with van der Waals surface area (Å²) in [6.45, 7) is 0.763. The fourth-order valence-electron chi connectivity index (χ4n) is 3.31. The van der Waals surface area contributed by atoms with E-state index in [1.807, 2.05) is 30.1 Å². The number of nitro benzene ring substituents is 1. The first-order chi connectivity index (χ1) is 12.0. The largest absolute Gasteiger partial charge is 0.373 e. The first-order valence-corrected chi connectivity index (χ1v) is 8.24. The predicted molar refractivity (Wildman–Crippen MR) is 97.1 cm³/mol. The molecule has 1 fully saturated rings. The smallest absolute Gasteiger partial charge is 0.270 e. The number of carbonyl (C=O) groups is 1. The van der Waals surface area contributed by atoms with Crippen LogP contribution in [0.4, 0.5) is 11.4 Å². The van der Waals surface area contributed by atoms with Crippen molar-refractivity contribution in [1.29, 1.82) is 0 Å². The molecule has 0 heterocycles. The highest BCUT2D eigenvalue weighted by atomic mass is 16.6. The van der Waals surface area contributed by atoms with Gasteiger partial charge in [-0.1, -0.05) is 30.3 Å². The Hall–Kier alpha value is -2.89. The third-order valence-corrected chi connectivity index (χ3v) is 4.85. The number of nitro groups is 1. The fourth-order valence-corrected chi connectivity index (χ4v) is 3.31. The Morgan fingerprint density at radius 2 is 1.92 bits per heavy atom. The molecule has 0 saturated heterocycles. The normalized spacial score (nSPS) is 14.6. The number of hydrogen-bond acceptors (Lipinski definition) is 4. The second-order valence-electron chi connectivity index (χ2n) is 6.54. The van der Waals surface area contributed by atoms with Crippen LogP contribution in [-0.2, 0) is 5.41 Å². The molecule has 1 amide bonds. The van der Waals surface area contributed by atoms with Gasteiger partial charge in [-0.25, -0.2) is 0 Å². The molecule has 1 N–H and O–H groups in total. The molecule has 3 rings (SSSR count). The van der Waals surface area contributed by atoms with Crippen molar-refractivity contribution >= 4 is 17.3 Å². The first kappa shape index (κ1) is 17.0. The predicted octanol–water partition coefficient (Wildman–Crippen LogP) is 3.12. The molecule has 130 valence electrons. The summed E-state index contributed by atoms with van der Waals surface area (Å²) in [5.41, 5.74) is 2.33. The number of rotatable bonds is 6. The van der Waals surface area contributed by atoms with Gasteiger partial charge in [-0.05, 0) is 24.5 Å². The van der Waals surface area contributed by atoms with Crippen molar-refractivity contribution < 1.29 is 9.72 Å². The van der Waals surface area contributed by atoms with Crippen molar-refractivity contribution in [2.75, 3.05) is 25.5 Å². The Kier molecular flexibility index (Phi) is 4.44. The lowest BCUT2D eigenvalue weighted by Crippen LogP contribution is -2.31. The first-order valence-electron chi connectivity index (χ1n) is 8.24. The summed E-state index contributed by atoms with van der Waals surface area (Å²) in [6.07, 6.45) is 2.20. The summed E-state index contributed by atoms with van der Waals surface area (Å²) in [7, 11) is 3.45. The summed E-state index contributed by atoms with van der Waals surface area (Å²) in [6, 6.07) is 14.8. The standard InChI is InChI=1S/C19H21N3O3/c1-20-18(23)16-12-15(22(24)25)8-9-17(16)21(2)13-19(10-11-19)14-6-4-3-5-7-14/h3-9,12H,10-11,13H2,1-2H3,(H,20,23). The molecule has 6 nitrogen and oxygen atoms in total. The average molecular weight is 339 g/mol. The van der Waals surface area contributed by atoms with Crippen LogP contribution in [0.1, 0.15) is 28.8 Å². The van der Waals surface area contributed by atoms with Gasteiger partial charge in [0.25, 0.3) is 11.6 Å². The van der Waals surface area contributed by atoms with E-state index >= 15 is 0 Å². The number of amides is 1. The van der Waals surface area contributed by atoms with Crippen LogP contribution < -0.4 is 10.2 Å². The van der Waals surface area contributed by atoms with Gasteiger partial charge in [0.05, 0.1) is 10.5 Å². The molecule has 2 aromatic carbocycles.